The summed E-state index contributed by atoms with van der Waals surface area (Å²) in [6, 6.07) is 8.08. The predicted molar refractivity (Wildman–Crippen MR) is 104 cm³/mol. The number of nitrogens with zero attached hydrogens (tertiary/aromatic N) is 1. The van der Waals surface area contributed by atoms with E-state index < -0.39 is 11.6 Å². The summed E-state index contributed by atoms with van der Waals surface area (Å²) < 4.78 is 39.9. The Hall–Kier alpha value is -2.54. The van der Waals surface area contributed by atoms with Crippen molar-refractivity contribution >= 4 is 17.3 Å². The molecule has 1 amide bonds. The number of benzene rings is 2. The van der Waals surface area contributed by atoms with Crippen LogP contribution in [0.2, 0.25) is 0 Å². The molecule has 1 fully saturated rings. The Balaban J connectivity index is 1.40. The van der Waals surface area contributed by atoms with Gasteiger partial charge in [-0.25, -0.2) is 13.2 Å². The van der Waals surface area contributed by atoms with Crippen molar-refractivity contribution in [2.75, 3.05) is 29.9 Å². The smallest absolute Gasteiger partial charge is 0.225 e. The molecule has 3 rings (SSSR count). The molecular weight excluding hydrogens is 367 g/mol. The number of carbonyl (C=O) groups excluding carboxylic acids is 1. The van der Waals surface area contributed by atoms with Gasteiger partial charge in [0.15, 0.2) is 0 Å². The van der Waals surface area contributed by atoms with Crippen LogP contribution >= 0.6 is 0 Å². The number of rotatable bonds is 6. The average Bonchev–Trinajstić information content (AvgIpc) is 2.65. The van der Waals surface area contributed by atoms with Crippen molar-refractivity contribution in [3.8, 4) is 0 Å². The molecular formula is C21H24F3N3O. The van der Waals surface area contributed by atoms with Gasteiger partial charge in [0.05, 0.1) is 5.69 Å². The topological polar surface area (TPSA) is 44.4 Å². The minimum absolute atomic E-state index is 0.145. The molecule has 0 bridgehead atoms. The van der Waals surface area contributed by atoms with Gasteiger partial charge in [0.1, 0.15) is 17.5 Å². The first-order valence-corrected chi connectivity index (χ1v) is 9.42. The average molecular weight is 391 g/mol. The molecule has 0 unspecified atom stereocenters. The maximum atomic E-state index is 13.5. The van der Waals surface area contributed by atoms with Gasteiger partial charge in [-0.2, -0.15) is 0 Å². The van der Waals surface area contributed by atoms with Crippen LogP contribution in [0.4, 0.5) is 24.5 Å². The summed E-state index contributed by atoms with van der Waals surface area (Å²) in [5.74, 6) is -1.85. The third-order valence-electron chi connectivity index (χ3n) is 4.98. The van der Waals surface area contributed by atoms with Crippen LogP contribution in [0.15, 0.2) is 36.4 Å². The van der Waals surface area contributed by atoms with Gasteiger partial charge in [-0.15, -0.1) is 0 Å². The fourth-order valence-electron chi connectivity index (χ4n) is 3.49. The van der Waals surface area contributed by atoms with Crippen molar-refractivity contribution in [1.29, 1.82) is 0 Å². The van der Waals surface area contributed by atoms with Crippen LogP contribution in [0, 0.1) is 24.4 Å². The van der Waals surface area contributed by atoms with Gasteiger partial charge in [-0.1, -0.05) is 0 Å². The van der Waals surface area contributed by atoms with E-state index in [1.165, 1.54) is 6.07 Å². The number of aryl methyl sites for hydroxylation is 1. The van der Waals surface area contributed by atoms with Crippen LogP contribution in [0.3, 0.4) is 0 Å². The van der Waals surface area contributed by atoms with Crippen LogP contribution in [0.1, 0.15) is 24.8 Å². The molecule has 0 spiro atoms. The minimum Gasteiger partial charge on any atom is -0.371 e. The van der Waals surface area contributed by atoms with E-state index in [0.29, 0.717) is 6.54 Å². The summed E-state index contributed by atoms with van der Waals surface area (Å²) in [4.78, 5) is 14.2. The number of carbonyl (C=O) groups is 1. The highest BCUT2D eigenvalue weighted by Crippen LogP contribution is 2.24. The number of anilines is 2. The van der Waals surface area contributed by atoms with E-state index in [4.69, 9.17) is 0 Å². The summed E-state index contributed by atoms with van der Waals surface area (Å²) in [6.07, 6.45) is 2.00. The third-order valence-corrected chi connectivity index (χ3v) is 4.98. The number of hydrogen-bond donors (Lipinski definition) is 2. The fraction of sp³-hybridized carbons (Fsp3) is 0.381. The lowest BCUT2D eigenvalue weighted by molar-refractivity contribution is -0.116. The SMILES string of the molecule is Cc1cc(F)ccc1N1CCC(NCCC(=O)Nc2cc(F)ccc2F)CC1. The van der Waals surface area contributed by atoms with Gasteiger partial charge in [0, 0.05) is 43.9 Å². The molecule has 1 heterocycles. The molecule has 2 aromatic carbocycles. The van der Waals surface area contributed by atoms with Crippen molar-refractivity contribution in [2.45, 2.75) is 32.2 Å². The van der Waals surface area contributed by atoms with Gasteiger partial charge >= 0.3 is 0 Å². The second-order valence-corrected chi connectivity index (χ2v) is 7.07. The maximum absolute atomic E-state index is 13.5. The zero-order chi connectivity index (χ0) is 20.1. The Morgan fingerprint density at radius 2 is 1.75 bits per heavy atom. The van der Waals surface area contributed by atoms with E-state index in [1.54, 1.807) is 6.07 Å². The molecule has 7 heteroatoms. The number of hydrogen-bond acceptors (Lipinski definition) is 3. The lowest BCUT2D eigenvalue weighted by Gasteiger charge is -2.35. The van der Waals surface area contributed by atoms with Crippen LogP contribution in [-0.4, -0.2) is 31.6 Å². The highest BCUT2D eigenvalue weighted by molar-refractivity contribution is 5.90. The Labute approximate surface area is 162 Å². The lowest BCUT2D eigenvalue weighted by atomic mass is 10.0. The van der Waals surface area contributed by atoms with Crippen molar-refractivity contribution in [2.24, 2.45) is 0 Å². The number of halogens is 3. The first-order valence-electron chi connectivity index (χ1n) is 9.42. The summed E-state index contributed by atoms with van der Waals surface area (Å²) >= 11 is 0. The lowest BCUT2D eigenvalue weighted by Crippen LogP contribution is -2.43. The zero-order valence-electron chi connectivity index (χ0n) is 15.8. The molecule has 0 saturated carbocycles. The van der Waals surface area contributed by atoms with E-state index in [-0.39, 0.29) is 29.9 Å². The molecule has 2 aromatic rings. The highest BCUT2D eigenvalue weighted by atomic mass is 19.1. The summed E-state index contributed by atoms with van der Waals surface area (Å²) in [7, 11) is 0. The van der Waals surface area contributed by atoms with Crippen molar-refractivity contribution < 1.29 is 18.0 Å². The summed E-state index contributed by atoms with van der Waals surface area (Å²) in [5.41, 5.74) is 1.83. The monoisotopic (exact) mass is 391 g/mol. The second kappa shape index (κ2) is 9.10. The maximum Gasteiger partial charge on any atom is 0.225 e. The quantitative estimate of drug-likeness (QED) is 0.782. The zero-order valence-corrected chi connectivity index (χ0v) is 15.8. The van der Waals surface area contributed by atoms with Gasteiger partial charge in [-0.3, -0.25) is 4.79 Å². The molecule has 0 atom stereocenters. The molecule has 1 aliphatic heterocycles. The summed E-state index contributed by atoms with van der Waals surface area (Å²) in [6.45, 7) is 4.07. The molecule has 0 aliphatic carbocycles. The normalized spacial score (nSPS) is 14.9. The van der Waals surface area contributed by atoms with Crippen LogP contribution in [-0.2, 0) is 4.79 Å². The first kappa shape index (κ1) is 20.2. The molecule has 2 N–H and O–H groups in total. The van der Waals surface area contributed by atoms with Gasteiger partial charge < -0.3 is 15.5 Å². The fourth-order valence-corrected chi connectivity index (χ4v) is 3.49. The number of piperidine rings is 1. The van der Waals surface area contributed by atoms with E-state index in [0.717, 1.165) is 55.4 Å². The van der Waals surface area contributed by atoms with E-state index >= 15 is 0 Å². The Morgan fingerprint density at radius 3 is 2.46 bits per heavy atom. The van der Waals surface area contributed by atoms with Gasteiger partial charge in [0.2, 0.25) is 5.91 Å². The van der Waals surface area contributed by atoms with Gasteiger partial charge in [-0.05, 0) is 55.7 Å². The van der Waals surface area contributed by atoms with Crippen LogP contribution in [0.25, 0.3) is 0 Å². The summed E-state index contributed by atoms with van der Waals surface area (Å²) in [5, 5.41) is 5.74. The van der Waals surface area contributed by atoms with Crippen LogP contribution < -0.4 is 15.5 Å². The Kier molecular flexibility index (Phi) is 6.57. The second-order valence-electron chi connectivity index (χ2n) is 7.07. The van der Waals surface area contributed by atoms with Crippen molar-refractivity contribution in [3.63, 3.8) is 0 Å². The molecule has 0 aromatic heterocycles. The number of amides is 1. The first-order chi connectivity index (χ1) is 13.4. The minimum atomic E-state index is -0.661. The molecule has 4 nitrogen and oxygen atoms in total. The number of nitrogens with one attached hydrogen (secondary N) is 2. The van der Waals surface area contributed by atoms with Crippen LogP contribution in [0.5, 0.6) is 0 Å². The highest BCUT2D eigenvalue weighted by Gasteiger charge is 2.20. The van der Waals surface area contributed by atoms with E-state index in [1.807, 2.05) is 13.0 Å². The van der Waals surface area contributed by atoms with Gasteiger partial charge in [0.25, 0.3) is 0 Å². The third kappa shape index (κ3) is 5.25. The Morgan fingerprint density at radius 1 is 1.07 bits per heavy atom. The molecule has 1 saturated heterocycles. The standard InChI is InChI=1S/C21H24F3N3O/c1-14-12-15(22)3-5-20(14)27-10-7-17(8-11-27)25-9-6-21(28)26-19-13-16(23)2-4-18(19)24/h2-5,12-13,17,25H,6-11H2,1H3,(H,26,28). The molecule has 28 heavy (non-hydrogen) atoms. The van der Waals surface area contributed by atoms with Crippen molar-refractivity contribution in [3.05, 3.63) is 59.4 Å². The Bertz CT molecular complexity index is 836. The largest absolute Gasteiger partial charge is 0.371 e. The predicted octanol–water partition coefficient (Wildman–Crippen LogP) is 4.00. The molecule has 150 valence electrons. The van der Waals surface area contributed by atoms with Crippen molar-refractivity contribution in [1.82, 2.24) is 5.32 Å². The molecule has 1 aliphatic rings. The van der Waals surface area contributed by atoms with E-state index in [9.17, 15) is 18.0 Å². The van der Waals surface area contributed by atoms with E-state index in [2.05, 4.69) is 15.5 Å². The molecule has 0 radical (unpaired) electrons.